The van der Waals surface area contributed by atoms with E-state index in [4.69, 9.17) is 5.73 Å². The zero-order valence-corrected chi connectivity index (χ0v) is 19.8. The molecule has 4 rings (SSSR count). The normalized spacial score (nSPS) is 22.2. The van der Waals surface area contributed by atoms with Gasteiger partial charge in [-0.05, 0) is 88.1 Å². The van der Waals surface area contributed by atoms with Crippen molar-refractivity contribution < 1.29 is 4.79 Å². The Balaban J connectivity index is 1.68. The minimum atomic E-state index is -0.131. The monoisotopic (exact) mass is 448 g/mol. The maximum absolute atomic E-state index is 13.3. The lowest BCUT2D eigenvalue weighted by atomic mass is 9.89. The number of aromatic nitrogens is 1. The van der Waals surface area contributed by atoms with E-state index in [1.807, 2.05) is 25.1 Å². The fourth-order valence-electron chi connectivity index (χ4n) is 5.33. The van der Waals surface area contributed by atoms with E-state index in [0.29, 0.717) is 29.6 Å². The molecule has 1 aromatic heterocycles. The second-order valence-corrected chi connectivity index (χ2v) is 9.34. The quantitative estimate of drug-likeness (QED) is 0.624. The van der Waals surface area contributed by atoms with Crippen LogP contribution < -0.4 is 21.5 Å². The Morgan fingerprint density at radius 2 is 1.88 bits per heavy atom. The first kappa shape index (κ1) is 23.3. The molecule has 0 bridgehead atoms. The minimum absolute atomic E-state index is 0.118. The highest BCUT2D eigenvalue weighted by atomic mass is 16.1. The topological polar surface area (TPSA) is 91.2 Å². The molecule has 1 amide bonds. The summed E-state index contributed by atoms with van der Waals surface area (Å²) in [6, 6.07) is 8.79. The smallest absolute Gasteiger partial charge is 0.253 e. The summed E-state index contributed by atoms with van der Waals surface area (Å²) in [5.74, 6) is -0.131. The van der Waals surface area contributed by atoms with Crippen molar-refractivity contribution in [1.82, 2.24) is 10.3 Å². The SMILES string of the molecule is CCN(c1cccc2c1C/C=C/CCc1cc(C)[nH]c(=O)c1CNC2=O)[C@H]1CC[C@H](N)CC1. The maximum atomic E-state index is 13.3. The Hall–Kier alpha value is -2.86. The molecule has 6 heteroatoms. The number of aryl methyl sites for hydroxylation is 2. The molecule has 2 aromatic rings. The lowest BCUT2D eigenvalue weighted by Crippen LogP contribution is -2.41. The van der Waals surface area contributed by atoms with Gasteiger partial charge in [-0.25, -0.2) is 0 Å². The van der Waals surface area contributed by atoms with Crippen LogP contribution in [0.2, 0.25) is 0 Å². The molecule has 0 spiro atoms. The Labute approximate surface area is 196 Å². The number of aromatic amines is 1. The van der Waals surface area contributed by atoms with E-state index in [2.05, 4.69) is 40.3 Å². The highest BCUT2D eigenvalue weighted by Gasteiger charge is 2.26. The number of hydrogen-bond acceptors (Lipinski definition) is 4. The van der Waals surface area contributed by atoms with E-state index >= 15 is 0 Å². The number of H-pyrrole nitrogens is 1. The largest absolute Gasteiger partial charge is 0.369 e. The number of carbonyl (C=O) groups is 1. The summed E-state index contributed by atoms with van der Waals surface area (Å²) in [6.07, 6.45) is 11.0. The third-order valence-corrected chi connectivity index (χ3v) is 7.09. The maximum Gasteiger partial charge on any atom is 0.253 e. The molecule has 2 heterocycles. The molecule has 1 aliphatic carbocycles. The molecule has 176 valence electrons. The number of allylic oxidation sites excluding steroid dienone is 2. The van der Waals surface area contributed by atoms with Gasteiger partial charge in [-0.2, -0.15) is 0 Å². The summed E-state index contributed by atoms with van der Waals surface area (Å²) >= 11 is 0. The number of nitrogens with one attached hydrogen (secondary N) is 2. The van der Waals surface area contributed by atoms with Crippen LogP contribution >= 0.6 is 0 Å². The zero-order chi connectivity index (χ0) is 23.4. The standard InChI is InChI=1S/C27H36N4O2/c1-3-31(21-14-12-20(28)13-15-21)25-11-7-10-23-22(25)9-6-4-5-8-19-16-18(2)30-27(33)24(19)17-29-26(23)32/h4,6-7,10-11,16,20-21H,3,5,8-9,12-15,17,28H2,1-2H3,(H,29,32)(H,30,33)/b6-4+/t20-,21-. The summed E-state index contributed by atoms with van der Waals surface area (Å²) < 4.78 is 0. The molecule has 4 N–H and O–H groups in total. The van der Waals surface area contributed by atoms with Crippen LogP contribution in [-0.4, -0.2) is 29.5 Å². The van der Waals surface area contributed by atoms with Crippen LogP contribution in [0.25, 0.3) is 0 Å². The van der Waals surface area contributed by atoms with E-state index in [9.17, 15) is 9.59 Å². The third-order valence-electron chi connectivity index (χ3n) is 7.09. The number of benzene rings is 1. The molecule has 1 saturated carbocycles. The van der Waals surface area contributed by atoms with Crippen molar-refractivity contribution in [3.05, 3.63) is 74.7 Å². The predicted molar refractivity (Wildman–Crippen MR) is 134 cm³/mol. The Kier molecular flexibility index (Phi) is 7.33. The van der Waals surface area contributed by atoms with Gasteiger partial charge in [0.05, 0.1) is 0 Å². The van der Waals surface area contributed by atoms with Crippen molar-refractivity contribution >= 4 is 11.6 Å². The Morgan fingerprint density at radius 1 is 1.09 bits per heavy atom. The summed E-state index contributed by atoms with van der Waals surface area (Å²) in [6.45, 7) is 5.20. The number of rotatable bonds is 3. The van der Waals surface area contributed by atoms with Crippen LogP contribution in [0.1, 0.15) is 71.8 Å². The molecule has 2 aliphatic rings. The number of amides is 1. The van der Waals surface area contributed by atoms with Crippen LogP contribution in [0.4, 0.5) is 5.69 Å². The van der Waals surface area contributed by atoms with Crippen molar-refractivity contribution in [3.8, 4) is 0 Å². The number of hydrogen-bond donors (Lipinski definition) is 3. The van der Waals surface area contributed by atoms with Gasteiger partial charge in [-0.1, -0.05) is 18.2 Å². The second-order valence-electron chi connectivity index (χ2n) is 9.34. The fraction of sp³-hybridized carbons (Fsp3) is 0.481. The van der Waals surface area contributed by atoms with Crippen LogP contribution in [0.15, 0.2) is 41.2 Å². The summed E-state index contributed by atoms with van der Waals surface area (Å²) in [7, 11) is 0. The van der Waals surface area contributed by atoms with Crippen molar-refractivity contribution in [3.63, 3.8) is 0 Å². The van der Waals surface area contributed by atoms with Gasteiger partial charge in [0.25, 0.3) is 11.5 Å². The summed E-state index contributed by atoms with van der Waals surface area (Å²) in [5, 5.41) is 3.02. The molecule has 0 radical (unpaired) electrons. The van der Waals surface area contributed by atoms with Crippen molar-refractivity contribution in [2.24, 2.45) is 5.73 Å². The van der Waals surface area contributed by atoms with E-state index < -0.39 is 0 Å². The molecule has 1 aromatic carbocycles. The highest BCUT2D eigenvalue weighted by molar-refractivity contribution is 5.97. The van der Waals surface area contributed by atoms with Crippen molar-refractivity contribution in [2.45, 2.75) is 77.4 Å². The van der Waals surface area contributed by atoms with Gasteiger partial charge in [0.15, 0.2) is 0 Å². The lowest BCUT2D eigenvalue weighted by Gasteiger charge is -2.38. The molecule has 33 heavy (non-hydrogen) atoms. The van der Waals surface area contributed by atoms with E-state index in [-0.39, 0.29) is 18.0 Å². The van der Waals surface area contributed by atoms with Gasteiger partial charge in [-0.15, -0.1) is 0 Å². The van der Waals surface area contributed by atoms with Crippen LogP contribution in [0.5, 0.6) is 0 Å². The van der Waals surface area contributed by atoms with Crippen molar-refractivity contribution in [2.75, 3.05) is 11.4 Å². The number of pyridine rings is 1. The molecule has 0 atom stereocenters. The highest BCUT2D eigenvalue weighted by Crippen LogP contribution is 2.32. The average molecular weight is 449 g/mol. The first-order chi connectivity index (χ1) is 16.0. The molecule has 6 nitrogen and oxygen atoms in total. The van der Waals surface area contributed by atoms with Crippen LogP contribution in [0.3, 0.4) is 0 Å². The molecular formula is C27H36N4O2. The lowest BCUT2D eigenvalue weighted by molar-refractivity contribution is 0.0950. The average Bonchev–Trinajstić information content (AvgIpc) is 2.79. The number of nitrogens with two attached hydrogens (primary N) is 1. The molecule has 1 fully saturated rings. The molecule has 0 unspecified atom stereocenters. The fourth-order valence-corrected chi connectivity index (χ4v) is 5.33. The van der Waals surface area contributed by atoms with E-state index in [1.54, 1.807) is 0 Å². The summed E-state index contributed by atoms with van der Waals surface area (Å²) in [4.78, 5) is 31.2. The van der Waals surface area contributed by atoms with E-state index in [1.165, 1.54) is 0 Å². The van der Waals surface area contributed by atoms with Gasteiger partial charge >= 0.3 is 0 Å². The Bertz CT molecular complexity index is 1080. The molecule has 1 aliphatic heterocycles. The molecule has 0 saturated heterocycles. The first-order valence-corrected chi connectivity index (χ1v) is 12.3. The van der Waals surface area contributed by atoms with Gasteiger partial charge in [0, 0.05) is 47.7 Å². The van der Waals surface area contributed by atoms with Crippen molar-refractivity contribution in [1.29, 1.82) is 0 Å². The van der Waals surface area contributed by atoms with E-state index in [0.717, 1.165) is 67.6 Å². The first-order valence-electron chi connectivity index (χ1n) is 12.3. The number of fused-ring (bicyclic) bond motifs is 2. The second kappa shape index (κ2) is 10.4. The van der Waals surface area contributed by atoms with Crippen LogP contribution in [-0.2, 0) is 19.4 Å². The Morgan fingerprint density at radius 3 is 2.64 bits per heavy atom. The number of nitrogens with zero attached hydrogens (tertiary/aromatic N) is 1. The summed E-state index contributed by atoms with van der Waals surface area (Å²) in [5.41, 5.74) is 11.4. The minimum Gasteiger partial charge on any atom is -0.369 e. The van der Waals surface area contributed by atoms with Crippen LogP contribution in [0, 0.1) is 6.92 Å². The van der Waals surface area contributed by atoms with Gasteiger partial charge in [0.1, 0.15) is 0 Å². The van der Waals surface area contributed by atoms with Gasteiger partial charge in [-0.3, -0.25) is 9.59 Å². The number of carbonyl (C=O) groups excluding carboxylic acids is 1. The molecular weight excluding hydrogens is 412 g/mol. The van der Waals surface area contributed by atoms with Gasteiger partial charge in [0.2, 0.25) is 0 Å². The van der Waals surface area contributed by atoms with Gasteiger partial charge < -0.3 is 20.9 Å². The third kappa shape index (κ3) is 5.22. The zero-order valence-electron chi connectivity index (χ0n) is 19.8. The predicted octanol–water partition coefficient (Wildman–Crippen LogP) is 3.75. The number of anilines is 1.